The largest absolute Gasteiger partial charge is 0.337 e. The predicted molar refractivity (Wildman–Crippen MR) is 90.7 cm³/mol. The van der Waals surface area contributed by atoms with Crippen LogP contribution in [0.25, 0.3) is 0 Å². The van der Waals surface area contributed by atoms with Gasteiger partial charge in [0.05, 0.1) is 24.2 Å². The molecule has 0 spiro atoms. The number of carbonyl (C=O) groups excluding carboxylic acids is 1. The minimum absolute atomic E-state index is 0.176. The highest BCUT2D eigenvalue weighted by Gasteiger charge is 2.32. The smallest absolute Gasteiger partial charge is 0.228 e. The molecule has 0 radical (unpaired) electrons. The van der Waals surface area contributed by atoms with E-state index in [1.807, 2.05) is 23.1 Å². The molecule has 4 nitrogen and oxygen atoms in total. The fraction of sp³-hybridized carbons (Fsp3) is 0.526. The van der Waals surface area contributed by atoms with Crippen molar-refractivity contribution < 1.29 is 4.79 Å². The van der Waals surface area contributed by atoms with Crippen LogP contribution in [0.15, 0.2) is 23.2 Å². The van der Waals surface area contributed by atoms with Crippen LogP contribution in [0.4, 0.5) is 5.69 Å². The molecule has 1 aliphatic carbocycles. The molecule has 1 saturated carbocycles. The fourth-order valence-electron chi connectivity index (χ4n) is 3.08. The summed E-state index contributed by atoms with van der Waals surface area (Å²) in [4.78, 5) is 18.8. The highest BCUT2D eigenvalue weighted by molar-refractivity contribution is 6.09. The maximum Gasteiger partial charge on any atom is 0.228 e. The van der Waals surface area contributed by atoms with Crippen molar-refractivity contribution in [2.45, 2.75) is 39.5 Å². The van der Waals surface area contributed by atoms with E-state index in [2.05, 4.69) is 19.9 Å². The number of hydrogen-bond acceptors (Lipinski definition) is 3. The van der Waals surface area contributed by atoms with Gasteiger partial charge in [-0.25, -0.2) is 0 Å². The molecule has 0 aromatic heterocycles. The standard InChI is InChI=1S/C19H23N3O/c1-13(2)8-15-4-3-5-16(10-20)19(15)21-17-9-18(23)22(12-17)11-14-6-7-14/h3-5,13-14H,6-9,11-12H2,1-2H3. The normalized spacial score (nSPS) is 19.7. The van der Waals surface area contributed by atoms with E-state index in [-0.39, 0.29) is 5.91 Å². The van der Waals surface area contributed by atoms with Gasteiger partial charge in [-0.3, -0.25) is 9.79 Å². The van der Waals surface area contributed by atoms with Gasteiger partial charge in [-0.2, -0.15) is 5.26 Å². The third kappa shape index (κ3) is 3.79. The molecular weight excluding hydrogens is 286 g/mol. The minimum atomic E-state index is 0.176. The van der Waals surface area contributed by atoms with Gasteiger partial charge in [-0.15, -0.1) is 0 Å². The van der Waals surface area contributed by atoms with E-state index >= 15 is 0 Å². The summed E-state index contributed by atoms with van der Waals surface area (Å²) in [6.07, 6.45) is 3.77. The first kappa shape index (κ1) is 15.7. The van der Waals surface area contributed by atoms with Crippen molar-refractivity contribution in [1.82, 2.24) is 4.90 Å². The highest BCUT2D eigenvalue weighted by Crippen LogP contribution is 2.32. The SMILES string of the molecule is CC(C)Cc1cccc(C#N)c1N=C1CC(=O)N(CC2CC2)C1. The van der Waals surface area contributed by atoms with Gasteiger partial charge in [-0.1, -0.05) is 26.0 Å². The minimum Gasteiger partial charge on any atom is -0.337 e. The molecule has 0 bridgehead atoms. The molecule has 23 heavy (non-hydrogen) atoms. The summed E-state index contributed by atoms with van der Waals surface area (Å²) in [5.74, 6) is 1.37. The van der Waals surface area contributed by atoms with Crippen molar-refractivity contribution >= 4 is 17.3 Å². The van der Waals surface area contributed by atoms with Crippen LogP contribution in [-0.4, -0.2) is 29.6 Å². The van der Waals surface area contributed by atoms with Gasteiger partial charge in [0, 0.05) is 12.3 Å². The van der Waals surface area contributed by atoms with Crippen molar-refractivity contribution in [3.8, 4) is 6.07 Å². The van der Waals surface area contributed by atoms with E-state index in [0.29, 0.717) is 30.4 Å². The lowest BCUT2D eigenvalue weighted by molar-refractivity contribution is -0.127. The first-order valence-electron chi connectivity index (χ1n) is 8.43. The van der Waals surface area contributed by atoms with Crippen LogP contribution in [0.1, 0.15) is 44.2 Å². The van der Waals surface area contributed by atoms with Crippen molar-refractivity contribution in [3.63, 3.8) is 0 Å². The van der Waals surface area contributed by atoms with Gasteiger partial charge < -0.3 is 4.90 Å². The molecule has 1 saturated heterocycles. The maximum atomic E-state index is 12.1. The quantitative estimate of drug-likeness (QED) is 0.836. The molecule has 2 aliphatic rings. The number of aliphatic imine (C=N–C) groups is 1. The van der Waals surface area contributed by atoms with Gasteiger partial charge >= 0.3 is 0 Å². The second kappa shape index (κ2) is 6.54. The lowest BCUT2D eigenvalue weighted by atomic mass is 9.99. The Hall–Kier alpha value is -2.15. The second-order valence-corrected chi connectivity index (χ2v) is 7.10. The molecular formula is C19H23N3O. The molecule has 0 atom stereocenters. The van der Waals surface area contributed by atoms with Crippen LogP contribution in [0, 0.1) is 23.2 Å². The van der Waals surface area contributed by atoms with Crippen molar-refractivity contribution in [2.75, 3.05) is 13.1 Å². The number of nitriles is 1. The molecule has 120 valence electrons. The number of benzene rings is 1. The summed E-state index contributed by atoms with van der Waals surface area (Å²) < 4.78 is 0. The second-order valence-electron chi connectivity index (χ2n) is 7.10. The molecule has 2 fully saturated rings. The van der Waals surface area contributed by atoms with Gasteiger partial charge in [0.15, 0.2) is 0 Å². The molecule has 1 amide bonds. The molecule has 0 N–H and O–H groups in total. The predicted octanol–water partition coefficient (Wildman–Crippen LogP) is 3.47. The lowest BCUT2D eigenvalue weighted by Crippen LogP contribution is -2.27. The summed E-state index contributed by atoms with van der Waals surface area (Å²) in [6, 6.07) is 8.01. The summed E-state index contributed by atoms with van der Waals surface area (Å²) in [5, 5.41) is 9.39. The maximum absolute atomic E-state index is 12.1. The van der Waals surface area contributed by atoms with E-state index in [9.17, 15) is 10.1 Å². The van der Waals surface area contributed by atoms with Gasteiger partial charge in [-0.05, 0) is 42.7 Å². The third-order valence-electron chi connectivity index (χ3n) is 4.39. The van der Waals surface area contributed by atoms with Gasteiger partial charge in [0.25, 0.3) is 0 Å². The number of amides is 1. The molecule has 1 aliphatic heterocycles. The number of likely N-dealkylation sites (tertiary alicyclic amines) is 1. The van der Waals surface area contributed by atoms with Crippen LogP contribution in [0.5, 0.6) is 0 Å². The van der Waals surface area contributed by atoms with Crippen molar-refractivity contribution in [2.24, 2.45) is 16.8 Å². The number of carbonyl (C=O) groups is 1. The topological polar surface area (TPSA) is 56.5 Å². The molecule has 1 aromatic carbocycles. The van der Waals surface area contributed by atoms with Crippen LogP contribution in [0.3, 0.4) is 0 Å². The zero-order valence-corrected chi connectivity index (χ0v) is 13.9. The van der Waals surface area contributed by atoms with E-state index in [4.69, 9.17) is 4.99 Å². The highest BCUT2D eigenvalue weighted by atomic mass is 16.2. The summed E-state index contributed by atoms with van der Waals surface area (Å²) in [7, 11) is 0. The summed E-state index contributed by atoms with van der Waals surface area (Å²) >= 11 is 0. The third-order valence-corrected chi connectivity index (χ3v) is 4.39. The van der Waals surface area contributed by atoms with E-state index < -0.39 is 0 Å². The Morgan fingerprint density at radius 2 is 2.17 bits per heavy atom. The molecule has 3 rings (SSSR count). The monoisotopic (exact) mass is 309 g/mol. The van der Waals surface area contributed by atoms with Gasteiger partial charge in [0.2, 0.25) is 5.91 Å². The zero-order chi connectivity index (χ0) is 16.4. The van der Waals surface area contributed by atoms with Crippen LogP contribution in [0.2, 0.25) is 0 Å². The Bertz CT molecular complexity index is 680. The fourth-order valence-corrected chi connectivity index (χ4v) is 3.08. The summed E-state index contributed by atoms with van der Waals surface area (Å²) in [6.45, 7) is 5.81. The Balaban J connectivity index is 1.86. The lowest BCUT2D eigenvalue weighted by Gasteiger charge is -2.14. The number of para-hydroxylation sites is 1. The molecule has 0 unspecified atom stereocenters. The van der Waals surface area contributed by atoms with Crippen molar-refractivity contribution in [3.05, 3.63) is 29.3 Å². The van der Waals surface area contributed by atoms with E-state index in [0.717, 1.165) is 29.9 Å². The molecule has 1 heterocycles. The Labute approximate surface area is 137 Å². The molecule has 4 heteroatoms. The average molecular weight is 309 g/mol. The van der Waals surface area contributed by atoms with E-state index in [1.54, 1.807) is 0 Å². The van der Waals surface area contributed by atoms with Crippen LogP contribution >= 0.6 is 0 Å². The Kier molecular flexibility index (Phi) is 4.47. The number of rotatable bonds is 5. The van der Waals surface area contributed by atoms with E-state index in [1.165, 1.54) is 12.8 Å². The van der Waals surface area contributed by atoms with Crippen LogP contribution in [-0.2, 0) is 11.2 Å². The van der Waals surface area contributed by atoms with Gasteiger partial charge in [0.1, 0.15) is 6.07 Å². The Morgan fingerprint density at radius 1 is 1.39 bits per heavy atom. The first-order valence-corrected chi connectivity index (χ1v) is 8.43. The van der Waals surface area contributed by atoms with Crippen LogP contribution < -0.4 is 0 Å². The Morgan fingerprint density at radius 3 is 2.83 bits per heavy atom. The van der Waals surface area contributed by atoms with Crippen molar-refractivity contribution in [1.29, 1.82) is 5.26 Å². The zero-order valence-electron chi connectivity index (χ0n) is 13.9. The first-order chi connectivity index (χ1) is 11.1. The molecule has 1 aromatic rings. The number of nitrogens with zero attached hydrogens (tertiary/aromatic N) is 3. The number of hydrogen-bond donors (Lipinski definition) is 0. The average Bonchev–Trinajstić information content (AvgIpc) is 3.24. The summed E-state index contributed by atoms with van der Waals surface area (Å²) in [5.41, 5.74) is 3.35.